The van der Waals surface area contributed by atoms with Crippen molar-refractivity contribution in [1.82, 2.24) is 9.21 Å². The highest BCUT2D eigenvalue weighted by Gasteiger charge is 2.25. The molecular weight excluding hydrogens is 214 g/mol. The van der Waals surface area contributed by atoms with Crippen LogP contribution in [0, 0.1) is 0 Å². The van der Waals surface area contributed by atoms with Crippen LogP contribution in [0.5, 0.6) is 0 Å². The lowest BCUT2D eigenvalue weighted by atomic mass is 10.3. The SMILES string of the molecule is CCS(=O)(=O)N1CCN(CC(C)N)CC1. The Labute approximate surface area is 92.3 Å². The lowest BCUT2D eigenvalue weighted by molar-refractivity contribution is 0.182. The Bertz CT molecular complexity index is 282. The van der Waals surface area contributed by atoms with E-state index in [0.717, 1.165) is 19.6 Å². The van der Waals surface area contributed by atoms with Gasteiger partial charge in [-0.2, -0.15) is 4.31 Å². The monoisotopic (exact) mass is 235 g/mol. The molecule has 1 saturated heterocycles. The first kappa shape index (κ1) is 12.9. The number of rotatable bonds is 4. The second kappa shape index (κ2) is 5.25. The summed E-state index contributed by atoms with van der Waals surface area (Å²) in [6.07, 6.45) is 0. The Kier molecular flexibility index (Phi) is 4.51. The van der Waals surface area contributed by atoms with E-state index in [9.17, 15) is 8.42 Å². The van der Waals surface area contributed by atoms with E-state index in [1.165, 1.54) is 0 Å². The molecular formula is C9H21N3O2S. The molecule has 0 saturated carbocycles. The zero-order valence-electron chi connectivity index (χ0n) is 9.52. The van der Waals surface area contributed by atoms with Crippen LogP contribution in [0.2, 0.25) is 0 Å². The van der Waals surface area contributed by atoms with E-state index in [1.807, 2.05) is 6.92 Å². The van der Waals surface area contributed by atoms with Crippen LogP contribution in [-0.4, -0.2) is 62.1 Å². The first-order valence-electron chi connectivity index (χ1n) is 5.41. The molecule has 0 radical (unpaired) electrons. The van der Waals surface area contributed by atoms with Crippen LogP contribution in [0.1, 0.15) is 13.8 Å². The Balaban J connectivity index is 2.43. The highest BCUT2D eigenvalue weighted by atomic mass is 32.2. The maximum Gasteiger partial charge on any atom is 0.213 e. The van der Waals surface area contributed by atoms with Gasteiger partial charge in [-0.25, -0.2) is 8.42 Å². The minimum absolute atomic E-state index is 0.152. The minimum Gasteiger partial charge on any atom is -0.327 e. The van der Waals surface area contributed by atoms with Gasteiger partial charge in [0, 0.05) is 38.8 Å². The minimum atomic E-state index is -3.00. The van der Waals surface area contributed by atoms with E-state index < -0.39 is 10.0 Å². The Morgan fingerprint density at radius 3 is 2.20 bits per heavy atom. The molecule has 0 aliphatic carbocycles. The van der Waals surface area contributed by atoms with Gasteiger partial charge in [0.25, 0.3) is 0 Å². The summed E-state index contributed by atoms with van der Waals surface area (Å²) >= 11 is 0. The van der Waals surface area contributed by atoms with Crippen molar-refractivity contribution in [1.29, 1.82) is 0 Å². The van der Waals surface area contributed by atoms with E-state index >= 15 is 0 Å². The molecule has 1 heterocycles. The average molecular weight is 235 g/mol. The van der Waals surface area contributed by atoms with Gasteiger partial charge >= 0.3 is 0 Å². The Morgan fingerprint density at radius 1 is 1.27 bits per heavy atom. The maximum atomic E-state index is 11.6. The fraction of sp³-hybridized carbons (Fsp3) is 1.00. The summed E-state index contributed by atoms with van der Waals surface area (Å²) in [6, 6.07) is 0.152. The van der Waals surface area contributed by atoms with E-state index in [4.69, 9.17) is 5.73 Å². The summed E-state index contributed by atoms with van der Waals surface area (Å²) in [5, 5.41) is 0. The van der Waals surface area contributed by atoms with Crippen LogP contribution in [0.3, 0.4) is 0 Å². The lowest BCUT2D eigenvalue weighted by Crippen LogP contribution is -2.51. The number of nitrogens with zero attached hydrogens (tertiary/aromatic N) is 2. The molecule has 1 aliphatic heterocycles. The second-order valence-electron chi connectivity index (χ2n) is 4.08. The van der Waals surface area contributed by atoms with Gasteiger partial charge in [-0.05, 0) is 13.8 Å². The summed E-state index contributed by atoms with van der Waals surface area (Å²) in [6.45, 7) is 7.28. The molecule has 0 bridgehead atoms. The summed E-state index contributed by atoms with van der Waals surface area (Å²) in [4.78, 5) is 2.21. The van der Waals surface area contributed by atoms with Crippen LogP contribution in [0.15, 0.2) is 0 Å². The molecule has 1 unspecified atom stereocenters. The van der Waals surface area contributed by atoms with Gasteiger partial charge < -0.3 is 5.73 Å². The van der Waals surface area contributed by atoms with Crippen molar-refractivity contribution in [3.8, 4) is 0 Å². The van der Waals surface area contributed by atoms with Crippen molar-refractivity contribution < 1.29 is 8.42 Å². The van der Waals surface area contributed by atoms with Crippen LogP contribution >= 0.6 is 0 Å². The largest absolute Gasteiger partial charge is 0.327 e. The number of hydrogen-bond acceptors (Lipinski definition) is 4. The lowest BCUT2D eigenvalue weighted by Gasteiger charge is -2.34. The zero-order valence-corrected chi connectivity index (χ0v) is 10.3. The van der Waals surface area contributed by atoms with Crippen LogP contribution < -0.4 is 5.73 Å². The van der Waals surface area contributed by atoms with Crippen LogP contribution in [0.4, 0.5) is 0 Å². The molecule has 1 atom stereocenters. The molecule has 0 aromatic heterocycles. The van der Waals surface area contributed by atoms with Crippen LogP contribution in [-0.2, 0) is 10.0 Å². The molecule has 90 valence electrons. The molecule has 5 nitrogen and oxygen atoms in total. The predicted molar refractivity (Wildman–Crippen MR) is 61.1 cm³/mol. The van der Waals surface area contributed by atoms with E-state index in [1.54, 1.807) is 11.2 Å². The molecule has 1 aliphatic rings. The molecule has 0 aromatic rings. The topological polar surface area (TPSA) is 66.6 Å². The third-order valence-electron chi connectivity index (χ3n) is 2.64. The molecule has 0 amide bonds. The average Bonchev–Trinajstić information content (AvgIpc) is 2.18. The smallest absolute Gasteiger partial charge is 0.213 e. The number of nitrogens with two attached hydrogens (primary N) is 1. The van der Waals surface area contributed by atoms with Gasteiger partial charge in [0.1, 0.15) is 0 Å². The molecule has 0 aromatic carbocycles. The molecule has 0 spiro atoms. The second-order valence-corrected chi connectivity index (χ2v) is 6.34. The number of piperazine rings is 1. The fourth-order valence-electron chi connectivity index (χ4n) is 1.78. The molecule has 1 fully saturated rings. The Hall–Kier alpha value is -0.170. The Morgan fingerprint density at radius 2 is 1.80 bits per heavy atom. The van der Waals surface area contributed by atoms with Crippen molar-refractivity contribution >= 4 is 10.0 Å². The maximum absolute atomic E-state index is 11.6. The molecule has 1 rings (SSSR count). The quantitative estimate of drug-likeness (QED) is 0.700. The first-order chi connectivity index (χ1) is 6.95. The van der Waals surface area contributed by atoms with Crippen molar-refractivity contribution in [3.63, 3.8) is 0 Å². The molecule has 6 heteroatoms. The van der Waals surface area contributed by atoms with Gasteiger partial charge in [0.2, 0.25) is 10.0 Å². The van der Waals surface area contributed by atoms with Gasteiger partial charge in [-0.1, -0.05) is 0 Å². The van der Waals surface area contributed by atoms with E-state index in [-0.39, 0.29) is 11.8 Å². The summed E-state index contributed by atoms with van der Waals surface area (Å²) in [7, 11) is -3.00. The number of sulfonamides is 1. The number of hydrogen-bond donors (Lipinski definition) is 1. The molecule has 15 heavy (non-hydrogen) atoms. The first-order valence-corrected chi connectivity index (χ1v) is 7.02. The zero-order chi connectivity index (χ0) is 11.5. The van der Waals surface area contributed by atoms with E-state index in [0.29, 0.717) is 13.1 Å². The van der Waals surface area contributed by atoms with Gasteiger partial charge in [0.05, 0.1) is 5.75 Å². The van der Waals surface area contributed by atoms with Crippen molar-refractivity contribution in [2.45, 2.75) is 19.9 Å². The van der Waals surface area contributed by atoms with E-state index in [2.05, 4.69) is 4.90 Å². The third kappa shape index (κ3) is 3.71. The van der Waals surface area contributed by atoms with Crippen molar-refractivity contribution in [2.24, 2.45) is 5.73 Å². The normalized spacial score (nSPS) is 22.9. The standard InChI is InChI=1S/C9H21N3O2S/c1-3-15(13,14)12-6-4-11(5-7-12)8-9(2)10/h9H,3-8,10H2,1-2H3. The summed E-state index contributed by atoms with van der Waals surface area (Å²) < 4.78 is 24.7. The van der Waals surface area contributed by atoms with Crippen molar-refractivity contribution in [3.05, 3.63) is 0 Å². The van der Waals surface area contributed by atoms with Gasteiger partial charge in [-0.3, -0.25) is 4.90 Å². The predicted octanol–water partition coefficient (Wildman–Crippen LogP) is -0.699. The fourth-order valence-corrected chi connectivity index (χ4v) is 2.86. The van der Waals surface area contributed by atoms with Crippen LogP contribution in [0.25, 0.3) is 0 Å². The summed E-state index contributed by atoms with van der Waals surface area (Å²) in [5.74, 6) is 0.195. The summed E-state index contributed by atoms with van der Waals surface area (Å²) in [5.41, 5.74) is 5.70. The highest BCUT2D eigenvalue weighted by molar-refractivity contribution is 7.89. The van der Waals surface area contributed by atoms with Gasteiger partial charge in [0.15, 0.2) is 0 Å². The highest BCUT2D eigenvalue weighted by Crippen LogP contribution is 2.07. The molecule has 2 N–H and O–H groups in total. The third-order valence-corrected chi connectivity index (χ3v) is 4.52. The van der Waals surface area contributed by atoms with Crippen molar-refractivity contribution in [2.75, 3.05) is 38.5 Å². The van der Waals surface area contributed by atoms with Gasteiger partial charge in [-0.15, -0.1) is 0 Å².